The van der Waals surface area contributed by atoms with E-state index in [9.17, 15) is 14.7 Å². The van der Waals surface area contributed by atoms with Gasteiger partial charge in [-0.05, 0) is 49.5 Å². The highest BCUT2D eigenvalue weighted by atomic mass is 32.1. The molecule has 59 heavy (non-hydrogen) atoms. The second-order valence-corrected chi connectivity index (χ2v) is 17.1. The predicted molar refractivity (Wildman–Crippen MR) is 260 cm³/mol. The zero-order valence-electron chi connectivity index (χ0n) is 37.4. The fourth-order valence-electron chi connectivity index (χ4n) is 6.66. The van der Waals surface area contributed by atoms with Crippen LogP contribution in [0.15, 0.2) is 0 Å². The van der Waals surface area contributed by atoms with Gasteiger partial charge in [-0.2, -0.15) is 0 Å². The summed E-state index contributed by atoms with van der Waals surface area (Å²) in [4.78, 5) is 28.0. The summed E-state index contributed by atoms with van der Waals surface area (Å²) < 4.78 is 0. The van der Waals surface area contributed by atoms with E-state index in [0.717, 1.165) is 25.9 Å². The molecule has 0 aromatic rings. The predicted octanol–water partition coefficient (Wildman–Crippen LogP) is 6.86. The number of amides is 2. The summed E-state index contributed by atoms with van der Waals surface area (Å²) in [5, 5.41) is 40.6. The lowest BCUT2D eigenvalue weighted by atomic mass is 10.0. The van der Waals surface area contributed by atoms with Crippen molar-refractivity contribution in [1.82, 2.24) is 42.1 Å². The number of carbonyl (C=O) groups excluding carboxylic acids is 2. The van der Waals surface area contributed by atoms with Crippen molar-refractivity contribution in [3.63, 3.8) is 0 Å². The van der Waals surface area contributed by atoms with Crippen molar-refractivity contribution < 1.29 is 19.8 Å². The van der Waals surface area contributed by atoms with Crippen LogP contribution in [0.2, 0.25) is 0 Å². The fraction of sp³-hybridized carbons (Fsp3) is 0.886. The van der Waals surface area contributed by atoms with Crippen LogP contribution in [0.25, 0.3) is 0 Å². The molecule has 12 nitrogen and oxygen atoms in total. The molecule has 0 bridgehead atoms. The van der Waals surface area contributed by atoms with Crippen molar-refractivity contribution in [3.8, 4) is 0 Å². The van der Waals surface area contributed by atoms with Gasteiger partial charge in [0.05, 0.1) is 12.7 Å². The molecule has 0 radical (unpaired) electrons. The SMILES string of the molecule is CCCCCCCCCCCCCCN(CCCCCCCCCCCCCC)C(=O)CCC(=O)NCCNC(=S)NCCNC(=S)NCCNC(=S)NCC(O)CO. The molecule has 0 aliphatic carbocycles. The molecule has 0 rings (SSSR count). The van der Waals surface area contributed by atoms with Gasteiger partial charge in [0.25, 0.3) is 0 Å². The molecule has 0 spiro atoms. The highest BCUT2D eigenvalue weighted by Crippen LogP contribution is 2.15. The molecule has 15 heteroatoms. The summed E-state index contributed by atoms with van der Waals surface area (Å²) in [5.41, 5.74) is 0. The Morgan fingerprint density at radius 2 is 0.763 bits per heavy atom. The van der Waals surface area contributed by atoms with Crippen LogP contribution in [0.3, 0.4) is 0 Å². The third kappa shape index (κ3) is 41.1. The number of aliphatic hydroxyl groups is 2. The number of carbonyl (C=O) groups is 2. The number of hydrogen-bond donors (Lipinski definition) is 9. The van der Waals surface area contributed by atoms with E-state index in [4.69, 9.17) is 41.8 Å². The van der Waals surface area contributed by atoms with Gasteiger partial charge >= 0.3 is 0 Å². The van der Waals surface area contributed by atoms with Crippen LogP contribution < -0.4 is 37.2 Å². The van der Waals surface area contributed by atoms with Gasteiger partial charge in [-0.15, -0.1) is 0 Å². The van der Waals surface area contributed by atoms with Crippen LogP contribution in [0, 0.1) is 0 Å². The largest absolute Gasteiger partial charge is 0.394 e. The van der Waals surface area contributed by atoms with E-state index >= 15 is 0 Å². The molecule has 0 heterocycles. The second kappa shape index (κ2) is 44.0. The zero-order valence-corrected chi connectivity index (χ0v) is 39.9. The van der Waals surface area contributed by atoms with Gasteiger partial charge in [-0.25, -0.2) is 0 Å². The quantitative estimate of drug-likeness (QED) is 0.0232. The van der Waals surface area contributed by atoms with Gasteiger partial charge < -0.3 is 52.3 Å². The van der Waals surface area contributed by atoms with Crippen LogP contribution in [-0.2, 0) is 9.59 Å². The first-order valence-corrected chi connectivity index (χ1v) is 24.8. The maximum Gasteiger partial charge on any atom is 0.223 e. The molecule has 1 unspecified atom stereocenters. The molecule has 2 amide bonds. The van der Waals surface area contributed by atoms with Crippen molar-refractivity contribution >= 4 is 63.8 Å². The Labute approximate surface area is 376 Å². The maximum absolute atomic E-state index is 13.3. The number of nitrogens with zero attached hydrogens (tertiary/aromatic N) is 1. The molecule has 0 saturated carbocycles. The normalized spacial score (nSPS) is 11.4. The van der Waals surface area contributed by atoms with E-state index in [1.54, 1.807) is 0 Å². The molecular weight excluding hydrogens is 801 g/mol. The molecule has 0 saturated heterocycles. The fourth-order valence-corrected chi connectivity index (χ4v) is 7.25. The first-order chi connectivity index (χ1) is 28.7. The summed E-state index contributed by atoms with van der Waals surface area (Å²) in [7, 11) is 0. The number of rotatable bonds is 41. The first kappa shape index (κ1) is 56.9. The lowest BCUT2D eigenvalue weighted by Crippen LogP contribution is -2.46. The molecular formula is C44H88N8O4S3. The highest BCUT2D eigenvalue weighted by Gasteiger charge is 2.15. The molecule has 1 atom stereocenters. The molecule has 0 aliphatic rings. The zero-order chi connectivity index (χ0) is 43.4. The number of unbranched alkanes of at least 4 members (excludes halogenated alkanes) is 22. The summed E-state index contributed by atoms with van der Waals surface area (Å²) in [5.74, 6) is -0.0170. The lowest BCUT2D eigenvalue weighted by molar-refractivity contribution is -0.133. The first-order valence-electron chi connectivity index (χ1n) is 23.6. The van der Waals surface area contributed by atoms with Crippen molar-refractivity contribution in [3.05, 3.63) is 0 Å². The molecule has 0 fully saturated rings. The molecule has 9 N–H and O–H groups in total. The Hall–Kier alpha value is -2.07. The van der Waals surface area contributed by atoms with Gasteiger partial charge in [0.2, 0.25) is 11.8 Å². The van der Waals surface area contributed by atoms with Crippen LogP contribution in [0.4, 0.5) is 0 Å². The third-order valence-electron chi connectivity index (χ3n) is 10.3. The minimum absolute atomic E-state index is 0.1000. The third-order valence-corrected chi connectivity index (χ3v) is 11.2. The molecule has 0 aromatic carbocycles. The molecule has 346 valence electrons. The average Bonchev–Trinajstić information content (AvgIpc) is 3.23. The van der Waals surface area contributed by atoms with Crippen LogP contribution in [-0.4, -0.2) is 114 Å². The van der Waals surface area contributed by atoms with E-state index in [0.29, 0.717) is 54.6 Å². The van der Waals surface area contributed by atoms with E-state index in [-0.39, 0.29) is 37.8 Å². The summed E-state index contributed by atoms with van der Waals surface area (Å²) in [6.07, 6.45) is 30.8. The minimum atomic E-state index is -0.857. The Morgan fingerprint density at radius 3 is 1.10 bits per heavy atom. The molecule has 0 aliphatic heterocycles. The lowest BCUT2D eigenvalue weighted by Gasteiger charge is -2.23. The maximum atomic E-state index is 13.3. The van der Waals surface area contributed by atoms with Gasteiger partial charge in [-0.3, -0.25) is 9.59 Å². The van der Waals surface area contributed by atoms with Crippen molar-refractivity contribution in [2.45, 2.75) is 187 Å². The number of thiocarbonyl (C=S) groups is 3. The second-order valence-electron chi connectivity index (χ2n) is 15.8. The van der Waals surface area contributed by atoms with Gasteiger partial charge in [0.15, 0.2) is 15.3 Å². The van der Waals surface area contributed by atoms with Crippen molar-refractivity contribution in [1.29, 1.82) is 0 Å². The van der Waals surface area contributed by atoms with Crippen molar-refractivity contribution in [2.24, 2.45) is 0 Å². The van der Waals surface area contributed by atoms with Crippen LogP contribution in [0.1, 0.15) is 181 Å². The number of aliphatic hydroxyl groups excluding tert-OH is 2. The van der Waals surface area contributed by atoms with Gasteiger partial charge in [-0.1, -0.05) is 155 Å². The smallest absolute Gasteiger partial charge is 0.223 e. The summed E-state index contributed by atoms with van der Waals surface area (Å²) in [6, 6.07) is 0. The standard InChI is InChI=1S/C44H88N8O4S3/c1-3-5-7-9-11-13-15-17-19-21-23-25-35-52(36-26-24-22-20-18-16-14-12-10-8-6-4-2)41(56)28-27-40(55)45-29-30-46-42(57)47-31-32-48-43(58)49-33-34-50-44(59)51-37-39(54)38-53/h39,53-54H,3-38H2,1-2H3,(H,45,55)(H2,46,47,57)(H2,48,49,58)(H2,50,51,59). The Kier molecular flexibility index (Phi) is 42.5. The van der Waals surface area contributed by atoms with Crippen molar-refractivity contribution in [2.75, 3.05) is 65.5 Å². The highest BCUT2D eigenvalue weighted by molar-refractivity contribution is 7.80. The topological polar surface area (TPSA) is 162 Å². The summed E-state index contributed by atoms with van der Waals surface area (Å²) in [6.45, 7) is 9.05. The van der Waals surface area contributed by atoms with E-state index in [1.807, 2.05) is 4.90 Å². The number of nitrogens with one attached hydrogen (secondary N) is 7. The van der Waals surface area contributed by atoms with E-state index in [1.165, 1.54) is 141 Å². The van der Waals surface area contributed by atoms with Crippen LogP contribution >= 0.6 is 36.7 Å². The minimum Gasteiger partial charge on any atom is -0.394 e. The molecule has 0 aromatic heterocycles. The van der Waals surface area contributed by atoms with Crippen LogP contribution in [0.5, 0.6) is 0 Å². The Bertz CT molecular complexity index is 1020. The van der Waals surface area contributed by atoms with Gasteiger partial charge in [0.1, 0.15) is 0 Å². The van der Waals surface area contributed by atoms with Gasteiger partial charge in [0, 0.05) is 71.7 Å². The Morgan fingerprint density at radius 1 is 0.458 bits per heavy atom. The average molecular weight is 889 g/mol. The monoisotopic (exact) mass is 889 g/mol. The number of hydrogen-bond acceptors (Lipinski definition) is 7. The summed E-state index contributed by atoms with van der Waals surface area (Å²) >= 11 is 15.7. The van der Waals surface area contributed by atoms with E-state index in [2.05, 4.69) is 51.1 Å². The van der Waals surface area contributed by atoms with E-state index < -0.39 is 6.10 Å². The Balaban J connectivity index is 4.27.